The number of carbonyl (C=O) groups excluding carboxylic acids is 2. The average Bonchev–Trinajstić information content (AvgIpc) is 2.74. The molecule has 25 heavy (non-hydrogen) atoms. The smallest absolute Gasteiger partial charge is 0.262 e. The highest BCUT2D eigenvalue weighted by molar-refractivity contribution is 7.20. The lowest BCUT2D eigenvalue weighted by molar-refractivity contribution is -0.118. The van der Waals surface area contributed by atoms with E-state index >= 15 is 0 Å². The number of thiophene rings is 1. The van der Waals surface area contributed by atoms with E-state index < -0.39 is 0 Å². The van der Waals surface area contributed by atoms with Crippen LogP contribution in [0.3, 0.4) is 0 Å². The maximum absolute atomic E-state index is 12.9. The van der Waals surface area contributed by atoms with Gasteiger partial charge in [-0.2, -0.15) is 0 Å². The van der Waals surface area contributed by atoms with Gasteiger partial charge in [-0.05, 0) is 25.3 Å². The summed E-state index contributed by atoms with van der Waals surface area (Å²) in [5.74, 6) is 0.463. The molecule has 8 heteroatoms. The van der Waals surface area contributed by atoms with E-state index in [1.165, 1.54) is 18.3 Å². The van der Waals surface area contributed by atoms with Crippen molar-refractivity contribution in [2.75, 3.05) is 13.1 Å². The van der Waals surface area contributed by atoms with Gasteiger partial charge in [0.2, 0.25) is 5.91 Å². The molecule has 1 aliphatic rings. The largest absolute Gasteiger partial charge is 0.355 e. The molecule has 2 amide bonds. The Hall–Kier alpha value is -2.22. The van der Waals surface area contributed by atoms with Crippen LogP contribution in [0.5, 0.6) is 0 Å². The highest BCUT2D eigenvalue weighted by atomic mass is 32.1. The maximum atomic E-state index is 12.9. The van der Waals surface area contributed by atoms with E-state index in [1.807, 2.05) is 0 Å². The van der Waals surface area contributed by atoms with Crippen LogP contribution >= 0.6 is 11.3 Å². The molecule has 0 radical (unpaired) electrons. The molecule has 0 fully saturated rings. The van der Waals surface area contributed by atoms with Gasteiger partial charge in [0, 0.05) is 33.0 Å². The third-order valence-corrected chi connectivity index (χ3v) is 5.59. The molecule has 0 saturated heterocycles. The highest BCUT2D eigenvalue weighted by Crippen LogP contribution is 2.28. The third-order valence-electron chi connectivity index (χ3n) is 4.40. The fourth-order valence-corrected chi connectivity index (χ4v) is 4.23. The first-order valence-corrected chi connectivity index (χ1v) is 9.36. The van der Waals surface area contributed by atoms with E-state index in [4.69, 9.17) is 0 Å². The van der Waals surface area contributed by atoms with Gasteiger partial charge in [-0.25, -0.2) is 4.98 Å². The molecule has 0 saturated carbocycles. The van der Waals surface area contributed by atoms with Crippen molar-refractivity contribution in [2.24, 2.45) is 0 Å². The second-order valence-corrected chi connectivity index (χ2v) is 7.27. The third kappa shape index (κ3) is 3.58. The van der Waals surface area contributed by atoms with Crippen molar-refractivity contribution in [3.63, 3.8) is 0 Å². The van der Waals surface area contributed by atoms with Crippen LogP contribution < -0.4 is 16.2 Å². The average molecular weight is 362 g/mol. The van der Waals surface area contributed by atoms with E-state index in [9.17, 15) is 14.4 Å². The molecule has 3 heterocycles. The second kappa shape index (κ2) is 7.35. The molecule has 0 aliphatic carbocycles. The Morgan fingerprint density at radius 2 is 1.96 bits per heavy atom. The van der Waals surface area contributed by atoms with Crippen LogP contribution in [0, 0.1) is 6.92 Å². The van der Waals surface area contributed by atoms with Crippen LogP contribution in [0.2, 0.25) is 0 Å². The number of hydrogen-bond donors (Lipinski definition) is 2. The molecule has 7 nitrogen and oxygen atoms in total. The van der Waals surface area contributed by atoms with Crippen LogP contribution in [-0.4, -0.2) is 34.5 Å². The predicted octanol–water partition coefficient (Wildman–Crippen LogP) is 1.36. The Balaban J connectivity index is 1.89. The van der Waals surface area contributed by atoms with Gasteiger partial charge in [-0.15, -0.1) is 11.3 Å². The first-order valence-electron chi connectivity index (χ1n) is 8.54. The number of hydrogen-bond acceptors (Lipinski definition) is 5. The monoisotopic (exact) mass is 362 g/mol. The van der Waals surface area contributed by atoms with Crippen molar-refractivity contribution in [2.45, 2.75) is 46.1 Å². The van der Waals surface area contributed by atoms with E-state index in [2.05, 4.69) is 15.6 Å². The molecule has 1 aliphatic heterocycles. The van der Waals surface area contributed by atoms with Gasteiger partial charge in [0.1, 0.15) is 10.7 Å². The van der Waals surface area contributed by atoms with Gasteiger partial charge < -0.3 is 10.6 Å². The normalized spacial score (nSPS) is 14.0. The summed E-state index contributed by atoms with van der Waals surface area (Å²) in [6.07, 6.45) is 3.94. The summed E-state index contributed by atoms with van der Waals surface area (Å²) >= 11 is 1.27. The number of aryl methyl sites for hydroxylation is 2. The molecule has 0 spiro atoms. The van der Waals surface area contributed by atoms with Gasteiger partial charge >= 0.3 is 0 Å². The first kappa shape index (κ1) is 17.6. The minimum absolute atomic E-state index is 0.0343. The minimum atomic E-state index is -0.231. The van der Waals surface area contributed by atoms with Gasteiger partial charge in [0.15, 0.2) is 0 Å². The molecule has 0 aromatic carbocycles. The van der Waals surface area contributed by atoms with E-state index in [-0.39, 0.29) is 17.4 Å². The molecular formula is C17H22N4O3S. The van der Waals surface area contributed by atoms with Crippen molar-refractivity contribution < 1.29 is 9.59 Å². The zero-order valence-electron chi connectivity index (χ0n) is 14.5. The summed E-state index contributed by atoms with van der Waals surface area (Å²) in [5.41, 5.74) is 0.655. The Bertz CT molecular complexity index is 884. The van der Waals surface area contributed by atoms with Crippen molar-refractivity contribution >= 4 is 33.4 Å². The van der Waals surface area contributed by atoms with Crippen molar-refractivity contribution in [1.82, 2.24) is 20.2 Å². The van der Waals surface area contributed by atoms with Gasteiger partial charge in [0.05, 0.1) is 10.3 Å². The van der Waals surface area contributed by atoms with Gasteiger partial charge in [0.25, 0.3) is 11.5 Å². The second-order valence-electron chi connectivity index (χ2n) is 6.27. The Morgan fingerprint density at radius 3 is 2.72 bits per heavy atom. The molecule has 3 rings (SSSR count). The lowest BCUT2D eigenvalue weighted by Crippen LogP contribution is -2.33. The van der Waals surface area contributed by atoms with Crippen LogP contribution in [0.1, 0.15) is 47.2 Å². The van der Waals surface area contributed by atoms with Crippen LogP contribution in [0.4, 0.5) is 0 Å². The number of amides is 2. The van der Waals surface area contributed by atoms with Crippen LogP contribution in [-0.2, 0) is 17.8 Å². The summed E-state index contributed by atoms with van der Waals surface area (Å²) in [7, 11) is 0. The fraction of sp³-hybridized carbons (Fsp3) is 0.529. The Morgan fingerprint density at radius 1 is 1.20 bits per heavy atom. The molecule has 0 bridgehead atoms. The topological polar surface area (TPSA) is 93.1 Å². The Kier molecular flexibility index (Phi) is 5.17. The predicted molar refractivity (Wildman–Crippen MR) is 97.2 cm³/mol. The fourth-order valence-electron chi connectivity index (χ4n) is 3.12. The first-order chi connectivity index (χ1) is 12.0. The molecule has 0 unspecified atom stereocenters. The van der Waals surface area contributed by atoms with E-state index in [1.54, 1.807) is 11.5 Å². The number of nitrogens with one attached hydrogen (secondary N) is 2. The van der Waals surface area contributed by atoms with Crippen LogP contribution in [0.15, 0.2) is 4.79 Å². The summed E-state index contributed by atoms with van der Waals surface area (Å²) in [6.45, 7) is 4.65. The van der Waals surface area contributed by atoms with Crippen molar-refractivity contribution in [3.8, 4) is 0 Å². The van der Waals surface area contributed by atoms with Crippen LogP contribution in [0.25, 0.3) is 10.2 Å². The number of fused-ring (bicyclic) bond motifs is 2. The molecular weight excluding hydrogens is 340 g/mol. The lowest BCUT2D eigenvalue weighted by Gasteiger charge is -2.08. The molecule has 134 valence electrons. The van der Waals surface area contributed by atoms with Gasteiger partial charge in [-0.3, -0.25) is 19.0 Å². The summed E-state index contributed by atoms with van der Waals surface area (Å²) < 4.78 is 1.77. The van der Waals surface area contributed by atoms with Gasteiger partial charge in [-0.1, -0.05) is 6.42 Å². The zero-order chi connectivity index (χ0) is 18.0. The summed E-state index contributed by atoms with van der Waals surface area (Å²) in [4.78, 5) is 42.0. The quantitative estimate of drug-likeness (QED) is 0.803. The molecule has 2 aromatic heterocycles. The maximum Gasteiger partial charge on any atom is 0.262 e. The SMILES string of the molecule is CC(=O)NCCNC(=O)c1sc2nc3n(c(=O)c2c1C)CCCCC3. The molecule has 0 atom stereocenters. The van der Waals surface area contributed by atoms with E-state index in [0.717, 1.165) is 31.5 Å². The Labute approximate surface area is 149 Å². The number of rotatable bonds is 4. The zero-order valence-corrected chi connectivity index (χ0v) is 15.3. The molecule has 2 aromatic rings. The standard InChI is InChI=1S/C17H22N4O3S/c1-10-13-16(20-12-6-4-3-5-9-21(12)17(13)24)25-14(10)15(23)19-8-7-18-11(2)22/h3-9H2,1-2H3,(H,18,22)(H,19,23). The number of aromatic nitrogens is 2. The van der Waals surface area contributed by atoms with Crippen molar-refractivity contribution in [1.29, 1.82) is 0 Å². The van der Waals surface area contributed by atoms with Crippen molar-refractivity contribution in [3.05, 3.63) is 26.6 Å². The highest BCUT2D eigenvalue weighted by Gasteiger charge is 2.21. The summed E-state index contributed by atoms with van der Waals surface area (Å²) in [5, 5.41) is 5.96. The number of nitrogens with zero attached hydrogens (tertiary/aromatic N) is 2. The summed E-state index contributed by atoms with van der Waals surface area (Å²) in [6, 6.07) is 0. The lowest BCUT2D eigenvalue weighted by atomic mass is 10.2. The minimum Gasteiger partial charge on any atom is -0.355 e. The molecule has 2 N–H and O–H groups in total. The number of carbonyl (C=O) groups is 2. The van der Waals surface area contributed by atoms with E-state index in [0.29, 0.717) is 40.3 Å².